The zero-order valence-electron chi connectivity index (χ0n) is 13.5. The Morgan fingerprint density at radius 3 is 2.67 bits per heavy atom. The lowest BCUT2D eigenvalue weighted by Crippen LogP contribution is -2.36. The summed E-state index contributed by atoms with van der Waals surface area (Å²) < 4.78 is 7.36. The number of hydrogen-bond donors (Lipinski definition) is 0. The fraction of sp³-hybridized carbons (Fsp3) is 0.286. The summed E-state index contributed by atoms with van der Waals surface area (Å²) in [5.41, 5.74) is 1.55. The van der Waals surface area contributed by atoms with Gasteiger partial charge in [-0.15, -0.1) is 0 Å². The predicted octanol–water partition coefficient (Wildman–Crippen LogP) is 5.15. The molecule has 0 aliphatic carbocycles. The third-order valence-corrected chi connectivity index (χ3v) is 5.78. The molecular formula is C21H19BrO2. The molecular weight excluding hydrogens is 364 g/mol. The molecule has 4 rings (SSSR count). The second kappa shape index (κ2) is 5.98. The van der Waals surface area contributed by atoms with Gasteiger partial charge < -0.3 is 4.74 Å². The molecule has 0 radical (unpaired) electrons. The number of ether oxygens (including phenoxy) is 1. The molecule has 0 unspecified atom stereocenters. The van der Waals surface area contributed by atoms with E-state index in [2.05, 4.69) is 47.1 Å². The first-order chi connectivity index (χ1) is 11.6. The Labute approximate surface area is 150 Å². The van der Waals surface area contributed by atoms with Crippen LogP contribution in [0.3, 0.4) is 0 Å². The Morgan fingerprint density at radius 2 is 1.96 bits per heavy atom. The fourth-order valence-electron chi connectivity index (χ4n) is 4.16. The van der Waals surface area contributed by atoms with E-state index in [0.717, 1.165) is 22.0 Å². The van der Waals surface area contributed by atoms with Crippen molar-refractivity contribution in [1.82, 2.24) is 0 Å². The lowest BCUT2D eigenvalue weighted by atomic mass is 9.68. The van der Waals surface area contributed by atoms with Crippen molar-refractivity contribution in [3.8, 4) is 0 Å². The highest BCUT2D eigenvalue weighted by Gasteiger charge is 2.58. The molecule has 0 aromatic heterocycles. The normalized spacial score (nSPS) is 30.7. The zero-order valence-corrected chi connectivity index (χ0v) is 15.1. The summed E-state index contributed by atoms with van der Waals surface area (Å²) in [6.07, 6.45) is 4.96. The molecule has 2 aliphatic heterocycles. The molecule has 1 fully saturated rings. The minimum Gasteiger partial charge on any atom is -0.362 e. The van der Waals surface area contributed by atoms with Crippen LogP contribution in [0.1, 0.15) is 35.2 Å². The SMILES string of the molecule is CC[C@@]12C=C[C@@H](O1)[C@@H](C(=O)c1ccccc1)[C@@H]2c1cccc(Br)c1. The van der Waals surface area contributed by atoms with E-state index < -0.39 is 0 Å². The highest BCUT2D eigenvalue weighted by molar-refractivity contribution is 9.10. The Bertz CT molecular complexity index is 798. The average molecular weight is 383 g/mol. The van der Waals surface area contributed by atoms with E-state index in [9.17, 15) is 4.79 Å². The first kappa shape index (κ1) is 15.8. The van der Waals surface area contributed by atoms with E-state index in [4.69, 9.17) is 4.74 Å². The maximum atomic E-state index is 13.2. The number of carbonyl (C=O) groups is 1. The number of halogens is 1. The highest BCUT2D eigenvalue weighted by atomic mass is 79.9. The Balaban J connectivity index is 1.80. The molecule has 2 aliphatic rings. The molecule has 2 heterocycles. The average Bonchev–Trinajstić information content (AvgIpc) is 3.19. The van der Waals surface area contributed by atoms with Crippen molar-refractivity contribution < 1.29 is 9.53 Å². The summed E-state index contributed by atoms with van der Waals surface area (Å²) in [4.78, 5) is 13.2. The van der Waals surface area contributed by atoms with Crippen LogP contribution in [-0.4, -0.2) is 17.5 Å². The number of hydrogen-bond acceptors (Lipinski definition) is 2. The summed E-state index contributed by atoms with van der Waals surface area (Å²) >= 11 is 3.56. The number of Topliss-reactive ketones (excluding diaryl/α,β-unsaturated/α-hetero) is 1. The van der Waals surface area contributed by atoms with Gasteiger partial charge in [-0.05, 0) is 24.1 Å². The van der Waals surface area contributed by atoms with Crippen LogP contribution in [0.5, 0.6) is 0 Å². The molecule has 4 atom stereocenters. The Hall–Kier alpha value is -1.71. The third kappa shape index (κ3) is 2.38. The van der Waals surface area contributed by atoms with Gasteiger partial charge in [0.25, 0.3) is 0 Å². The van der Waals surface area contributed by atoms with Gasteiger partial charge in [0.15, 0.2) is 5.78 Å². The predicted molar refractivity (Wildman–Crippen MR) is 98.2 cm³/mol. The zero-order chi connectivity index (χ0) is 16.7. The number of benzene rings is 2. The monoisotopic (exact) mass is 382 g/mol. The van der Waals surface area contributed by atoms with Gasteiger partial charge in [0.1, 0.15) is 0 Å². The van der Waals surface area contributed by atoms with Crippen molar-refractivity contribution in [3.63, 3.8) is 0 Å². The van der Waals surface area contributed by atoms with Gasteiger partial charge in [0, 0.05) is 16.0 Å². The number of ketones is 1. The summed E-state index contributed by atoms with van der Waals surface area (Å²) in [6.45, 7) is 2.13. The maximum absolute atomic E-state index is 13.2. The van der Waals surface area contributed by atoms with Gasteiger partial charge in [0.05, 0.1) is 17.6 Å². The van der Waals surface area contributed by atoms with Crippen molar-refractivity contribution in [2.45, 2.75) is 31.0 Å². The highest BCUT2D eigenvalue weighted by Crippen LogP contribution is 2.55. The first-order valence-electron chi connectivity index (χ1n) is 8.36. The summed E-state index contributed by atoms with van der Waals surface area (Å²) in [5, 5.41) is 0. The molecule has 0 amide bonds. The van der Waals surface area contributed by atoms with Gasteiger partial charge in [0.2, 0.25) is 0 Å². The molecule has 2 bridgehead atoms. The molecule has 24 heavy (non-hydrogen) atoms. The van der Waals surface area contributed by atoms with Crippen molar-refractivity contribution in [2.75, 3.05) is 0 Å². The van der Waals surface area contributed by atoms with Crippen LogP contribution in [0.15, 0.2) is 71.2 Å². The first-order valence-corrected chi connectivity index (χ1v) is 9.16. The van der Waals surface area contributed by atoms with E-state index in [1.54, 1.807) is 0 Å². The Kier molecular flexibility index (Phi) is 3.93. The largest absolute Gasteiger partial charge is 0.362 e. The van der Waals surface area contributed by atoms with E-state index in [1.807, 2.05) is 42.5 Å². The van der Waals surface area contributed by atoms with E-state index in [-0.39, 0.29) is 29.3 Å². The van der Waals surface area contributed by atoms with Gasteiger partial charge in [-0.1, -0.05) is 77.5 Å². The molecule has 2 aromatic carbocycles. The van der Waals surface area contributed by atoms with Gasteiger partial charge in [-0.25, -0.2) is 0 Å². The molecule has 2 nitrogen and oxygen atoms in total. The van der Waals surface area contributed by atoms with Crippen molar-refractivity contribution in [2.24, 2.45) is 5.92 Å². The molecule has 2 aromatic rings. The topological polar surface area (TPSA) is 26.3 Å². The Morgan fingerprint density at radius 1 is 1.17 bits per heavy atom. The van der Waals surface area contributed by atoms with E-state index in [0.29, 0.717) is 0 Å². The molecule has 3 heteroatoms. The minimum absolute atomic E-state index is 0.0442. The third-order valence-electron chi connectivity index (χ3n) is 5.28. The summed E-state index contributed by atoms with van der Waals surface area (Å²) in [7, 11) is 0. The van der Waals surface area contributed by atoms with Gasteiger partial charge in [-0.2, -0.15) is 0 Å². The summed E-state index contributed by atoms with van der Waals surface area (Å²) in [6, 6.07) is 17.8. The summed E-state index contributed by atoms with van der Waals surface area (Å²) in [5.74, 6) is 0.0413. The second-order valence-corrected chi connectivity index (χ2v) is 7.45. The lowest BCUT2D eigenvalue weighted by molar-refractivity contribution is 0.0200. The van der Waals surface area contributed by atoms with Crippen LogP contribution >= 0.6 is 15.9 Å². The standard InChI is InChI=1S/C21H19BrO2/c1-2-21-12-11-17(24-21)18(20(23)14-7-4-3-5-8-14)19(21)15-9-6-10-16(22)13-15/h3-13,17-19H,2H2,1H3/t17-,18-,19+,21+/m1/s1. The molecule has 122 valence electrons. The van der Waals surface area contributed by atoms with Gasteiger partial charge in [-0.3, -0.25) is 4.79 Å². The van der Waals surface area contributed by atoms with Crippen molar-refractivity contribution in [1.29, 1.82) is 0 Å². The lowest BCUT2D eigenvalue weighted by Gasteiger charge is -2.33. The van der Waals surface area contributed by atoms with Crippen LogP contribution in [0, 0.1) is 5.92 Å². The van der Waals surface area contributed by atoms with Crippen LogP contribution in [0.2, 0.25) is 0 Å². The minimum atomic E-state index is -0.374. The second-order valence-electron chi connectivity index (χ2n) is 6.54. The van der Waals surface area contributed by atoms with Gasteiger partial charge >= 0.3 is 0 Å². The number of fused-ring (bicyclic) bond motifs is 2. The van der Waals surface area contributed by atoms with Crippen LogP contribution in [0.25, 0.3) is 0 Å². The molecule has 0 N–H and O–H groups in total. The van der Waals surface area contributed by atoms with Crippen LogP contribution in [-0.2, 0) is 4.74 Å². The fourth-order valence-corrected chi connectivity index (χ4v) is 4.58. The quantitative estimate of drug-likeness (QED) is 0.539. The molecule has 0 spiro atoms. The van der Waals surface area contributed by atoms with Crippen molar-refractivity contribution in [3.05, 3.63) is 82.3 Å². The van der Waals surface area contributed by atoms with Crippen LogP contribution in [0.4, 0.5) is 0 Å². The number of carbonyl (C=O) groups excluding carboxylic acids is 1. The smallest absolute Gasteiger partial charge is 0.169 e. The van der Waals surface area contributed by atoms with E-state index >= 15 is 0 Å². The van der Waals surface area contributed by atoms with Crippen LogP contribution < -0.4 is 0 Å². The van der Waals surface area contributed by atoms with E-state index in [1.165, 1.54) is 0 Å². The maximum Gasteiger partial charge on any atom is 0.169 e. The number of rotatable bonds is 4. The molecule has 0 saturated carbocycles. The van der Waals surface area contributed by atoms with Crippen molar-refractivity contribution >= 4 is 21.7 Å². The molecule has 1 saturated heterocycles.